The summed E-state index contributed by atoms with van der Waals surface area (Å²) in [5, 5.41) is 12.3. The van der Waals surface area contributed by atoms with E-state index in [2.05, 4.69) is 15.5 Å². The van der Waals surface area contributed by atoms with Crippen molar-refractivity contribution in [1.82, 2.24) is 20.2 Å². The van der Waals surface area contributed by atoms with E-state index >= 15 is 0 Å². The van der Waals surface area contributed by atoms with Crippen molar-refractivity contribution in [2.24, 2.45) is 0 Å². The highest BCUT2D eigenvalue weighted by molar-refractivity contribution is 6.32. The van der Waals surface area contributed by atoms with Crippen LogP contribution in [0.3, 0.4) is 0 Å². The molecule has 3 heterocycles. The van der Waals surface area contributed by atoms with Crippen molar-refractivity contribution in [3.63, 3.8) is 0 Å². The van der Waals surface area contributed by atoms with Gasteiger partial charge in [0.05, 0.1) is 18.2 Å². The molecule has 1 saturated heterocycles. The minimum Gasteiger partial charge on any atom is -0.368 e. The first-order chi connectivity index (χ1) is 7.84. The van der Waals surface area contributed by atoms with Gasteiger partial charge in [0.15, 0.2) is 5.82 Å². The number of epoxide rings is 1. The van der Waals surface area contributed by atoms with E-state index in [1.165, 1.54) is 0 Å². The Morgan fingerprint density at radius 1 is 1.44 bits per heavy atom. The fourth-order valence-corrected chi connectivity index (χ4v) is 2.48. The van der Waals surface area contributed by atoms with Crippen molar-refractivity contribution >= 4 is 11.6 Å². The average Bonchev–Trinajstić information content (AvgIpc) is 2.89. The zero-order chi connectivity index (χ0) is 10.7. The summed E-state index contributed by atoms with van der Waals surface area (Å²) in [6, 6.07) is 4.02. The summed E-state index contributed by atoms with van der Waals surface area (Å²) in [7, 11) is 0. The molecule has 1 aromatic carbocycles. The lowest BCUT2D eigenvalue weighted by atomic mass is 10.0. The second-order valence-corrected chi connectivity index (χ2v) is 4.35. The first-order valence-electron chi connectivity index (χ1n) is 5.04. The maximum atomic E-state index is 6.37. The zero-order valence-corrected chi connectivity index (χ0v) is 8.98. The van der Waals surface area contributed by atoms with Gasteiger partial charge in [-0.1, -0.05) is 23.7 Å². The standard InChI is InChI=1S/C10H7ClN4O/c11-9-6(8-4-16-8)2-1-5-7(9)3-15-10(5)12-13-14-15/h1-2,8H,3-4H2. The van der Waals surface area contributed by atoms with Gasteiger partial charge in [-0.3, -0.25) is 0 Å². The third-order valence-corrected chi connectivity index (χ3v) is 3.48. The summed E-state index contributed by atoms with van der Waals surface area (Å²) in [6.07, 6.45) is 0.178. The number of hydrogen-bond donors (Lipinski definition) is 0. The highest BCUT2D eigenvalue weighted by Crippen LogP contribution is 2.41. The largest absolute Gasteiger partial charge is 0.368 e. The number of aromatic nitrogens is 4. The molecule has 1 unspecified atom stereocenters. The van der Waals surface area contributed by atoms with Gasteiger partial charge in [0.2, 0.25) is 0 Å². The molecule has 4 rings (SSSR count). The highest BCUT2D eigenvalue weighted by atomic mass is 35.5. The minimum atomic E-state index is 0.178. The molecular formula is C10H7ClN4O. The number of rotatable bonds is 1. The van der Waals surface area contributed by atoms with E-state index in [0.717, 1.165) is 34.1 Å². The first-order valence-corrected chi connectivity index (χ1v) is 5.42. The third-order valence-electron chi connectivity index (χ3n) is 3.03. The fourth-order valence-electron chi connectivity index (χ4n) is 2.13. The van der Waals surface area contributed by atoms with Gasteiger partial charge in [0.25, 0.3) is 0 Å². The molecule has 2 aromatic rings. The molecule has 0 N–H and O–H groups in total. The number of halogens is 1. The zero-order valence-electron chi connectivity index (χ0n) is 8.22. The molecule has 2 aliphatic rings. The molecular weight excluding hydrogens is 228 g/mol. The number of fused-ring (bicyclic) bond motifs is 3. The topological polar surface area (TPSA) is 56.1 Å². The summed E-state index contributed by atoms with van der Waals surface area (Å²) in [5.74, 6) is 0.792. The second kappa shape index (κ2) is 2.81. The van der Waals surface area contributed by atoms with E-state index in [1.807, 2.05) is 12.1 Å². The monoisotopic (exact) mass is 234 g/mol. The number of benzene rings is 1. The Kier molecular flexibility index (Phi) is 1.52. The maximum Gasteiger partial charge on any atom is 0.182 e. The molecule has 16 heavy (non-hydrogen) atoms. The molecule has 1 atom stereocenters. The Hall–Kier alpha value is -1.46. The summed E-state index contributed by atoms with van der Waals surface area (Å²) in [6.45, 7) is 1.42. The normalized spacial score (nSPS) is 20.7. The van der Waals surface area contributed by atoms with E-state index in [-0.39, 0.29) is 6.10 Å². The van der Waals surface area contributed by atoms with Crippen LogP contribution in [0.25, 0.3) is 11.4 Å². The quantitative estimate of drug-likeness (QED) is 0.598. The number of nitrogens with zero attached hydrogens (tertiary/aromatic N) is 4. The molecule has 80 valence electrons. The fraction of sp³-hybridized carbons (Fsp3) is 0.300. The van der Waals surface area contributed by atoms with Crippen molar-refractivity contribution < 1.29 is 4.74 Å². The molecule has 0 saturated carbocycles. The Morgan fingerprint density at radius 2 is 2.31 bits per heavy atom. The van der Waals surface area contributed by atoms with Crippen molar-refractivity contribution in [3.8, 4) is 11.4 Å². The van der Waals surface area contributed by atoms with Gasteiger partial charge in [-0.05, 0) is 10.4 Å². The summed E-state index contributed by atoms with van der Waals surface area (Å²) < 4.78 is 7.02. The second-order valence-electron chi connectivity index (χ2n) is 3.98. The Bertz CT molecular complexity index is 591. The van der Waals surface area contributed by atoms with Crippen LogP contribution in [0.2, 0.25) is 5.02 Å². The Morgan fingerprint density at radius 3 is 3.12 bits per heavy atom. The van der Waals surface area contributed by atoms with Crippen LogP contribution >= 0.6 is 11.6 Å². The molecule has 6 heteroatoms. The minimum absolute atomic E-state index is 0.178. The van der Waals surface area contributed by atoms with Crippen LogP contribution in [0.5, 0.6) is 0 Å². The van der Waals surface area contributed by atoms with Gasteiger partial charge in [-0.25, -0.2) is 4.68 Å². The van der Waals surface area contributed by atoms with E-state index in [0.29, 0.717) is 6.54 Å². The van der Waals surface area contributed by atoms with Crippen molar-refractivity contribution in [2.45, 2.75) is 12.6 Å². The number of ether oxygens (including phenoxy) is 1. The average molecular weight is 235 g/mol. The molecule has 0 spiro atoms. The smallest absolute Gasteiger partial charge is 0.182 e. The van der Waals surface area contributed by atoms with E-state index < -0.39 is 0 Å². The lowest BCUT2D eigenvalue weighted by Gasteiger charge is -2.05. The predicted octanol–water partition coefficient (Wildman–Crippen LogP) is 1.43. The summed E-state index contributed by atoms with van der Waals surface area (Å²) in [5.41, 5.74) is 3.17. The van der Waals surface area contributed by atoms with E-state index in [1.54, 1.807) is 4.68 Å². The van der Waals surface area contributed by atoms with Crippen LogP contribution < -0.4 is 0 Å². The molecule has 1 fully saturated rings. The Balaban J connectivity index is 1.94. The molecule has 0 bridgehead atoms. The Labute approximate surface area is 96.0 Å². The lowest BCUT2D eigenvalue weighted by Crippen LogP contribution is -1.97. The van der Waals surface area contributed by atoms with Gasteiger partial charge < -0.3 is 4.74 Å². The van der Waals surface area contributed by atoms with Crippen molar-refractivity contribution in [2.75, 3.05) is 6.61 Å². The van der Waals surface area contributed by atoms with Gasteiger partial charge in [-0.2, -0.15) is 0 Å². The SMILES string of the molecule is Clc1c(C2CO2)ccc2c1Cn1nnnc1-2. The highest BCUT2D eigenvalue weighted by Gasteiger charge is 2.31. The summed E-state index contributed by atoms with van der Waals surface area (Å²) in [4.78, 5) is 0. The number of hydrogen-bond acceptors (Lipinski definition) is 4. The summed E-state index contributed by atoms with van der Waals surface area (Å²) >= 11 is 6.37. The van der Waals surface area contributed by atoms with E-state index in [9.17, 15) is 0 Å². The van der Waals surface area contributed by atoms with Crippen LogP contribution in [0.1, 0.15) is 17.2 Å². The molecule has 0 amide bonds. The van der Waals surface area contributed by atoms with Gasteiger partial charge in [-0.15, -0.1) is 5.10 Å². The van der Waals surface area contributed by atoms with Gasteiger partial charge in [0.1, 0.15) is 6.10 Å². The van der Waals surface area contributed by atoms with Crippen molar-refractivity contribution in [3.05, 3.63) is 28.3 Å². The van der Waals surface area contributed by atoms with Crippen LogP contribution in [0.15, 0.2) is 12.1 Å². The predicted molar refractivity (Wildman–Crippen MR) is 56.1 cm³/mol. The van der Waals surface area contributed by atoms with Crippen LogP contribution in [0.4, 0.5) is 0 Å². The maximum absolute atomic E-state index is 6.37. The van der Waals surface area contributed by atoms with Gasteiger partial charge >= 0.3 is 0 Å². The van der Waals surface area contributed by atoms with Crippen LogP contribution in [-0.2, 0) is 11.3 Å². The molecule has 0 radical (unpaired) electrons. The first kappa shape index (κ1) is 8.66. The lowest BCUT2D eigenvalue weighted by molar-refractivity contribution is 0.415. The molecule has 2 aliphatic heterocycles. The van der Waals surface area contributed by atoms with Crippen molar-refractivity contribution in [1.29, 1.82) is 0 Å². The molecule has 1 aromatic heterocycles. The van der Waals surface area contributed by atoms with Crippen LogP contribution in [0, 0.1) is 0 Å². The van der Waals surface area contributed by atoms with Crippen LogP contribution in [-0.4, -0.2) is 26.8 Å². The molecule has 0 aliphatic carbocycles. The third kappa shape index (κ3) is 1.02. The van der Waals surface area contributed by atoms with E-state index in [4.69, 9.17) is 16.3 Å². The number of tetrazole rings is 1. The molecule has 5 nitrogen and oxygen atoms in total. The van der Waals surface area contributed by atoms with Gasteiger partial charge in [0, 0.05) is 16.7 Å².